The molecule has 2 aliphatic heterocycles. The summed E-state index contributed by atoms with van der Waals surface area (Å²) in [5, 5.41) is 2.87. The molecule has 2 aromatic rings. The lowest BCUT2D eigenvalue weighted by Gasteiger charge is -2.39. The molecular formula is C25H30N4O3. The summed E-state index contributed by atoms with van der Waals surface area (Å²) in [6.07, 6.45) is 0. The van der Waals surface area contributed by atoms with Crippen LogP contribution in [0.3, 0.4) is 0 Å². The third-order valence-electron chi connectivity index (χ3n) is 5.97. The van der Waals surface area contributed by atoms with Gasteiger partial charge in [-0.15, -0.1) is 0 Å². The van der Waals surface area contributed by atoms with Gasteiger partial charge in [0, 0.05) is 32.7 Å². The Hall–Kier alpha value is -3.19. The van der Waals surface area contributed by atoms with Gasteiger partial charge in [0.25, 0.3) is 0 Å². The van der Waals surface area contributed by atoms with Crippen LogP contribution in [0, 0.1) is 12.8 Å². The van der Waals surface area contributed by atoms with E-state index in [2.05, 4.69) is 39.4 Å². The van der Waals surface area contributed by atoms with Crippen molar-refractivity contribution in [1.82, 2.24) is 15.1 Å². The Balaban J connectivity index is 1.51. The molecule has 0 bridgehead atoms. The number of rotatable bonds is 5. The van der Waals surface area contributed by atoms with E-state index in [1.54, 1.807) is 6.92 Å². The average molecular weight is 435 g/mol. The summed E-state index contributed by atoms with van der Waals surface area (Å²) in [7, 11) is 0. The average Bonchev–Trinajstić information content (AvgIpc) is 2.80. The number of amides is 1. The van der Waals surface area contributed by atoms with Gasteiger partial charge in [-0.25, -0.2) is 4.99 Å². The van der Waals surface area contributed by atoms with E-state index in [0.717, 1.165) is 43.9 Å². The van der Waals surface area contributed by atoms with Gasteiger partial charge in [-0.1, -0.05) is 60.2 Å². The highest BCUT2D eigenvalue weighted by Gasteiger charge is 2.42. The first kappa shape index (κ1) is 22.0. The van der Waals surface area contributed by atoms with Gasteiger partial charge in [0.15, 0.2) is 5.92 Å². The first-order valence-electron chi connectivity index (χ1n) is 11.2. The molecule has 7 heteroatoms. The van der Waals surface area contributed by atoms with Gasteiger partial charge in [0.05, 0.1) is 6.61 Å². The number of esters is 1. The van der Waals surface area contributed by atoms with Crippen molar-refractivity contribution in [1.29, 1.82) is 0 Å². The second-order valence-corrected chi connectivity index (χ2v) is 8.28. The normalized spacial score (nSPS) is 21.6. The van der Waals surface area contributed by atoms with E-state index in [9.17, 15) is 9.59 Å². The quantitative estimate of drug-likeness (QED) is 0.578. The third kappa shape index (κ3) is 4.99. The summed E-state index contributed by atoms with van der Waals surface area (Å²) in [4.78, 5) is 34.9. The lowest BCUT2D eigenvalue weighted by atomic mass is 9.91. The van der Waals surface area contributed by atoms with E-state index >= 15 is 0 Å². The van der Waals surface area contributed by atoms with Gasteiger partial charge in [0.1, 0.15) is 6.04 Å². The monoisotopic (exact) mass is 434 g/mol. The van der Waals surface area contributed by atoms with E-state index in [1.165, 1.54) is 5.56 Å². The van der Waals surface area contributed by atoms with Crippen molar-refractivity contribution >= 4 is 17.8 Å². The Kier molecular flexibility index (Phi) is 6.85. The predicted molar refractivity (Wildman–Crippen MR) is 123 cm³/mol. The lowest BCUT2D eigenvalue weighted by Crippen LogP contribution is -2.57. The number of hydrogen-bond donors (Lipinski definition) is 1. The van der Waals surface area contributed by atoms with Crippen molar-refractivity contribution in [3.05, 3.63) is 71.3 Å². The number of nitrogens with one attached hydrogen (secondary N) is 1. The van der Waals surface area contributed by atoms with Gasteiger partial charge in [-0.3, -0.25) is 19.8 Å². The van der Waals surface area contributed by atoms with E-state index in [-0.39, 0.29) is 12.5 Å². The van der Waals surface area contributed by atoms with Crippen molar-refractivity contribution < 1.29 is 14.3 Å². The van der Waals surface area contributed by atoms with Crippen LogP contribution in [-0.2, 0) is 20.9 Å². The summed E-state index contributed by atoms with van der Waals surface area (Å²) < 4.78 is 5.19. The first-order valence-corrected chi connectivity index (χ1v) is 11.2. The molecule has 2 atom stereocenters. The minimum Gasteiger partial charge on any atom is -0.465 e. The summed E-state index contributed by atoms with van der Waals surface area (Å²) >= 11 is 0. The zero-order valence-corrected chi connectivity index (χ0v) is 18.7. The fraction of sp³-hybridized carbons (Fsp3) is 0.400. The SMILES string of the molecule is CCOC(=O)C1C(=O)NC(N2CCN(Cc3ccccc3)CC2)=NC1c1ccc(C)cc1. The number of piperazine rings is 1. The largest absolute Gasteiger partial charge is 0.465 e. The van der Waals surface area contributed by atoms with Crippen LogP contribution in [0.1, 0.15) is 29.7 Å². The molecule has 2 heterocycles. The Morgan fingerprint density at radius 3 is 2.41 bits per heavy atom. The van der Waals surface area contributed by atoms with Crippen LogP contribution < -0.4 is 5.32 Å². The molecule has 168 valence electrons. The zero-order chi connectivity index (χ0) is 22.5. The topological polar surface area (TPSA) is 74.2 Å². The standard InChI is InChI=1S/C25H30N4O3/c1-3-32-24(31)21-22(20-11-9-18(2)10-12-20)26-25(27-23(21)30)29-15-13-28(14-16-29)17-19-7-5-4-6-8-19/h4-12,21-22H,3,13-17H2,1-2H3,(H,26,27,30). The van der Waals surface area contributed by atoms with Crippen LogP contribution in [0.5, 0.6) is 0 Å². The maximum absolute atomic E-state index is 13.0. The minimum atomic E-state index is -0.985. The molecule has 0 spiro atoms. The Bertz CT molecular complexity index is 966. The summed E-state index contributed by atoms with van der Waals surface area (Å²) in [6, 6.07) is 17.6. The van der Waals surface area contributed by atoms with Crippen molar-refractivity contribution in [2.24, 2.45) is 10.9 Å². The van der Waals surface area contributed by atoms with Crippen molar-refractivity contribution in [2.75, 3.05) is 32.8 Å². The molecule has 0 aromatic heterocycles. The lowest BCUT2D eigenvalue weighted by molar-refractivity contribution is -0.153. The second-order valence-electron chi connectivity index (χ2n) is 8.28. The first-order chi connectivity index (χ1) is 15.5. The van der Waals surface area contributed by atoms with Gasteiger partial charge in [0.2, 0.25) is 11.9 Å². The highest BCUT2D eigenvalue weighted by molar-refractivity contribution is 6.08. The molecule has 2 aromatic carbocycles. The maximum Gasteiger partial charge on any atom is 0.321 e. The van der Waals surface area contributed by atoms with Crippen molar-refractivity contribution in [3.8, 4) is 0 Å². The number of carbonyl (C=O) groups is 2. The number of hydrogen-bond acceptors (Lipinski definition) is 6. The summed E-state index contributed by atoms with van der Waals surface area (Å²) in [5.74, 6) is -1.34. The van der Waals surface area contributed by atoms with Crippen molar-refractivity contribution in [3.63, 3.8) is 0 Å². The molecule has 0 radical (unpaired) electrons. The van der Waals surface area contributed by atoms with Gasteiger partial charge >= 0.3 is 5.97 Å². The van der Waals surface area contributed by atoms with Crippen LogP contribution in [0.2, 0.25) is 0 Å². The zero-order valence-electron chi connectivity index (χ0n) is 18.7. The van der Waals surface area contributed by atoms with Crippen molar-refractivity contribution in [2.45, 2.75) is 26.4 Å². The highest BCUT2D eigenvalue weighted by Crippen LogP contribution is 2.31. The number of ether oxygens (including phenoxy) is 1. The molecule has 1 fully saturated rings. The predicted octanol–water partition coefficient (Wildman–Crippen LogP) is 2.52. The molecule has 2 unspecified atom stereocenters. The molecule has 0 saturated carbocycles. The van der Waals surface area contributed by atoms with E-state index in [0.29, 0.717) is 5.96 Å². The summed E-state index contributed by atoms with van der Waals surface area (Å²) in [5.41, 5.74) is 3.24. The Morgan fingerprint density at radius 2 is 1.75 bits per heavy atom. The number of carbonyl (C=O) groups excluding carboxylic acids is 2. The molecule has 0 aliphatic carbocycles. The second kappa shape index (κ2) is 9.96. The van der Waals surface area contributed by atoms with Gasteiger partial charge in [-0.2, -0.15) is 0 Å². The molecule has 1 amide bonds. The van der Waals surface area contributed by atoms with Crippen LogP contribution in [-0.4, -0.2) is 60.4 Å². The molecular weight excluding hydrogens is 404 g/mol. The molecule has 7 nitrogen and oxygen atoms in total. The van der Waals surface area contributed by atoms with Crippen LogP contribution >= 0.6 is 0 Å². The molecule has 1 saturated heterocycles. The fourth-order valence-electron chi connectivity index (χ4n) is 4.19. The molecule has 1 N–H and O–H groups in total. The number of benzene rings is 2. The fourth-order valence-corrected chi connectivity index (χ4v) is 4.19. The number of aliphatic imine (C=N–C) groups is 1. The van der Waals surface area contributed by atoms with Crippen LogP contribution in [0.25, 0.3) is 0 Å². The Morgan fingerprint density at radius 1 is 1.06 bits per heavy atom. The van der Waals surface area contributed by atoms with Gasteiger partial charge in [-0.05, 0) is 25.0 Å². The molecule has 4 rings (SSSR count). The maximum atomic E-state index is 13.0. The van der Waals surface area contributed by atoms with E-state index < -0.39 is 17.9 Å². The van der Waals surface area contributed by atoms with Gasteiger partial charge < -0.3 is 9.64 Å². The smallest absolute Gasteiger partial charge is 0.321 e. The van der Waals surface area contributed by atoms with E-state index in [4.69, 9.17) is 9.73 Å². The van der Waals surface area contributed by atoms with Crippen LogP contribution in [0.15, 0.2) is 59.6 Å². The highest BCUT2D eigenvalue weighted by atomic mass is 16.5. The number of nitrogens with zero attached hydrogens (tertiary/aromatic N) is 3. The molecule has 32 heavy (non-hydrogen) atoms. The number of guanidine groups is 1. The Labute approximate surface area is 189 Å². The van der Waals surface area contributed by atoms with E-state index in [1.807, 2.05) is 37.3 Å². The van der Waals surface area contributed by atoms with Crippen LogP contribution in [0.4, 0.5) is 0 Å². The molecule has 2 aliphatic rings. The number of aryl methyl sites for hydroxylation is 1. The summed E-state index contributed by atoms with van der Waals surface area (Å²) in [6.45, 7) is 8.15. The minimum absolute atomic E-state index is 0.225. The third-order valence-corrected chi connectivity index (χ3v) is 5.97.